The summed E-state index contributed by atoms with van der Waals surface area (Å²) in [4.78, 5) is 29.1. The molecule has 0 unspecified atom stereocenters. The van der Waals surface area contributed by atoms with E-state index in [0.29, 0.717) is 69.5 Å². The Kier molecular flexibility index (Phi) is 12.3. The van der Waals surface area contributed by atoms with E-state index < -0.39 is 21.4 Å². The standard InChI is InChI=1S/C34H47N5O7S/c1-23(2)45-16-14-43-12-13-44-15-17-46-33-25(4)18-26(20-36-33)28-11-10-27(32(37-28)39-21-24(3)19-34(39,5)6)29(40)22-47(41,42)31-9-7-8-30(35)38-31/h7-11,18,20,23-24H,12-17,19,21-22H2,1-6H3,(H2,35,38)/t24-/m0/s1. The predicted molar refractivity (Wildman–Crippen MR) is 181 cm³/mol. The lowest BCUT2D eigenvalue weighted by Crippen LogP contribution is -2.40. The Bertz CT molecular complexity index is 1630. The van der Waals surface area contributed by atoms with Crippen molar-refractivity contribution in [3.8, 4) is 17.1 Å². The average molecular weight is 670 g/mol. The second-order valence-corrected chi connectivity index (χ2v) is 14.7. The molecular weight excluding hydrogens is 622 g/mol. The van der Waals surface area contributed by atoms with E-state index in [-0.39, 0.29) is 28.1 Å². The largest absolute Gasteiger partial charge is 0.475 e. The van der Waals surface area contributed by atoms with Gasteiger partial charge in [-0.3, -0.25) is 4.79 Å². The van der Waals surface area contributed by atoms with Crippen LogP contribution >= 0.6 is 0 Å². The number of carbonyl (C=O) groups excluding carboxylic acids is 1. The van der Waals surface area contributed by atoms with Gasteiger partial charge in [0, 0.05) is 29.4 Å². The van der Waals surface area contributed by atoms with Crippen molar-refractivity contribution >= 4 is 27.3 Å². The molecule has 4 heterocycles. The quantitative estimate of drug-likeness (QED) is 0.158. The lowest BCUT2D eigenvalue weighted by atomic mass is 9.97. The molecule has 2 N–H and O–H groups in total. The molecule has 4 rings (SSSR count). The minimum atomic E-state index is -4.03. The molecule has 1 aliphatic rings. The first-order chi connectivity index (χ1) is 22.3. The van der Waals surface area contributed by atoms with Crippen molar-refractivity contribution in [1.82, 2.24) is 15.0 Å². The molecule has 1 aliphatic heterocycles. The molecule has 0 radical (unpaired) electrons. The molecule has 0 saturated carbocycles. The van der Waals surface area contributed by atoms with Crippen molar-refractivity contribution in [2.75, 3.05) is 62.6 Å². The average Bonchev–Trinajstić information content (AvgIpc) is 3.29. The number of nitrogens with two attached hydrogens (primary N) is 1. The Labute approximate surface area is 277 Å². The topological polar surface area (TPSA) is 156 Å². The number of hydrogen-bond acceptors (Lipinski definition) is 12. The van der Waals surface area contributed by atoms with Gasteiger partial charge >= 0.3 is 0 Å². The smallest absolute Gasteiger partial charge is 0.216 e. The van der Waals surface area contributed by atoms with E-state index in [9.17, 15) is 13.2 Å². The minimum absolute atomic E-state index is 0.0660. The van der Waals surface area contributed by atoms with Gasteiger partial charge in [0.2, 0.25) is 15.7 Å². The first-order valence-corrected chi connectivity index (χ1v) is 17.6. The maximum atomic E-state index is 13.6. The van der Waals surface area contributed by atoms with Gasteiger partial charge in [-0.1, -0.05) is 13.0 Å². The van der Waals surface area contributed by atoms with Gasteiger partial charge in [-0.2, -0.15) is 0 Å². The van der Waals surface area contributed by atoms with Crippen molar-refractivity contribution in [1.29, 1.82) is 0 Å². The third kappa shape index (κ3) is 9.92. The molecule has 12 nitrogen and oxygen atoms in total. The van der Waals surface area contributed by atoms with Crippen LogP contribution in [0.4, 0.5) is 11.6 Å². The Morgan fingerprint density at radius 1 is 1.04 bits per heavy atom. The molecule has 0 amide bonds. The molecule has 256 valence electrons. The summed E-state index contributed by atoms with van der Waals surface area (Å²) in [5.41, 5.74) is 7.81. The van der Waals surface area contributed by atoms with Gasteiger partial charge in [0.05, 0.1) is 50.4 Å². The number of Topliss-reactive ketones (excluding diaryl/α,β-unsaturated/α-hetero) is 1. The van der Waals surface area contributed by atoms with Crippen molar-refractivity contribution in [3.05, 3.63) is 53.7 Å². The van der Waals surface area contributed by atoms with E-state index >= 15 is 0 Å². The summed E-state index contributed by atoms with van der Waals surface area (Å²) in [7, 11) is -4.03. The number of pyridine rings is 3. The summed E-state index contributed by atoms with van der Waals surface area (Å²) in [5, 5.41) is -0.236. The second kappa shape index (κ2) is 16.0. The van der Waals surface area contributed by atoms with Crippen molar-refractivity contribution in [2.24, 2.45) is 5.92 Å². The molecule has 1 fully saturated rings. The number of anilines is 2. The minimum Gasteiger partial charge on any atom is -0.475 e. The van der Waals surface area contributed by atoms with Crippen LogP contribution < -0.4 is 15.4 Å². The van der Waals surface area contributed by atoms with E-state index in [4.69, 9.17) is 29.7 Å². The Hall–Kier alpha value is -3.65. The van der Waals surface area contributed by atoms with Gasteiger partial charge in [-0.25, -0.2) is 23.4 Å². The van der Waals surface area contributed by atoms with Crippen LogP contribution in [0.3, 0.4) is 0 Å². The molecule has 1 saturated heterocycles. The van der Waals surface area contributed by atoms with Gasteiger partial charge in [0.25, 0.3) is 0 Å². The molecule has 0 bridgehead atoms. The van der Waals surface area contributed by atoms with Crippen LogP contribution in [0.1, 0.15) is 57.0 Å². The number of nitrogen functional groups attached to an aromatic ring is 1. The van der Waals surface area contributed by atoms with E-state index in [1.54, 1.807) is 18.3 Å². The number of rotatable bonds is 17. The Balaban J connectivity index is 1.46. The SMILES string of the molecule is Cc1cc(-c2ccc(C(=O)CS(=O)(=O)c3cccc(N)n3)c(N3C[C@@H](C)CC3(C)C)n2)cnc1OCCOCCOCCOC(C)C. The normalized spacial score (nSPS) is 16.1. The molecule has 3 aromatic rings. The first kappa shape index (κ1) is 36.2. The molecule has 3 aromatic heterocycles. The monoisotopic (exact) mass is 669 g/mol. The lowest BCUT2D eigenvalue weighted by Gasteiger charge is -2.34. The molecule has 1 atom stereocenters. The van der Waals surface area contributed by atoms with Crippen molar-refractivity contribution < 1.29 is 32.2 Å². The summed E-state index contributed by atoms with van der Waals surface area (Å²) < 4.78 is 48.6. The van der Waals surface area contributed by atoms with Gasteiger partial charge < -0.3 is 29.6 Å². The highest BCUT2D eigenvalue weighted by molar-refractivity contribution is 7.92. The summed E-state index contributed by atoms with van der Waals surface area (Å²) in [6.07, 6.45) is 2.76. The van der Waals surface area contributed by atoms with E-state index in [1.807, 2.05) is 26.8 Å². The van der Waals surface area contributed by atoms with E-state index in [2.05, 4.69) is 35.6 Å². The fourth-order valence-corrected chi connectivity index (χ4v) is 6.81. The summed E-state index contributed by atoms with van der Waals surface area (Å²) in [5.74, 6) is 0.0463. The van der Waals surface area contributed by atoms with Gasteiger partial charge in [-0.05, 0) is 77.3 Å². The molecule has 0 aliphatic carbocycles. The van der Waals surface area contributed by atoms with Crippen LogP contribution in [-0.4, -0.2) is 92.7 Å². The fraction of sp³-hybridized carbons (Fsp3) is 0.529. The molecule has 0 spiro atoms. The zero-order valence-corrected chi connectivity index (χ0v) is 29.0. The van der Waals surface area contributed by atoms with Crippen LogP contribution in [-0.2, 0) is 24.0 Å². The van der Waals surface area contributed by atoms with Crippen LogP contribution in [0.2, 0.25) is 0 Å². The van der Waals surface area contributed by atoms with Crippen molar-refractivity contribution in [2.45, 2.75) is 64.6 Å². The number of aromatic nitrogens is 3. The first-order valence-electron chi connectivity index (χ1n) is 15.9. The van der Waals surface area contributed by atoms with Crippen LogP contribution in [0, 0.1) is 12.8 Å². The van der Waals surface area contributed by atoms with Gasteiger partial charge in [0.1, 0.15) is 24.0 Å². The summed E-state index contributed by atoms with van der Waals surface area (Å²) in [6, 6.07) is 9.63. The predicted octanol–water partition coefficient (Wildman–Crippen LogP) is 4.55. The zero-order valence-electron chi connectivity index (χ0n) is 28.2. The number of nitrogens with zero attached hydrogens (tertiary/aromatic N) is 4. The number of aryl methyl sites for hydroxylation is 1. The highest BCUT2D eigenvalue weighted by Crippen LogP contribution is 2.38. The highest BCUT2D eigenvalue weighted by Gasteiger charge is 2.39. The van der Waals surface area contributed by atoms with Crippen LogP contribution in [0.5, 0.6) is 5.88 Å². The molecular formula is C34H47N5O7S. The van der Waals surface area contributed by atoms with E-state index in [0.717, 1.165) is 17.5 Å². The number of sulfone groups is 1. The third-order valence-corrected chi connectivity index (χ3v) is 9.24. The number of carbonyl (C=O) groups is 1. The highest BCUT2D eigenvalue weighted by atomic mass is 32.2. The van der Waals surface area contributed by atoms with Gasteiger partial charge in [0.15, 0.2) is 10.8 Å². The van der Waals surface area contributed by atoms with E-state index in [1.165, 1.54) is 18.2 Å². The summed E-state index contributed by atoms with van der Waals surface area (Å²) in [6.45, 7) is 15.7. The van der Waals surface area contributed by atoms with Gasteiger partial charge in [-0.15, -0.1) is 0 Å². The fourth-order valence-electron chi connectivity index (χ4n) is 5.64. The molecule has 47 heavy (non-hydrogen) atoms. The van der Waals surface area contributed by atoms with Crippen LogP contribution in [0.15, 0.2) is 47.6 Å². The third-order valence-electron chi connectivity index (χ3n) is 7.73. The number of hydrogen-bond donors (Lipinski definition) is 1. The number of ether oxygens (including phenoxy) is 4. The Morgan fingerprint density at radius 3 is 2.38 bits per heavy atom. The Morgan fingerprint density at radius 2 is 1.74 bits per heavy atom. The molecule has 0 aromatic carbocycles. The second-order valence-electron chi connectivity index (χ2n) is 12.7. The lowest BCUT2D eigenvalue weighted by molar-refractivity contribution is -0.00483. The maximum absolute atomic E-state index is 13.6. The molecule has 13 heteroatoms. The number of ketones is 1. The summed E-state index contributed by atoms with van der Waals surface area (Å²) >= 11 is 0. The maximum Gasteiger partial charge on any atom is 0.216 e. The van der Waals surface area contributed by atoms with Crippen molar-refractivity contribution in [3.63, 3.8) is 0 Å². The van der Waals surface area contributed by atoms with Crippen LogP contribution in [0.25, 0.3) is 11.3 Å². The zero-order chi connectivity index (χ0) is 34.2.